The molecule has 1 aliphatic rings. The zero-order chi connectivity index (χ0) is 13.8. The molecule has 1 aliphatic carbocycles. The average Bonchev–Trinajstić information content (AvgIpc) is 2.39. The molecule has 0 heterocycles. The number of rotatable bonds is 4. The smallest absolute Gasteiger partial charge is 0.0453 e. The molecule has 2 heteroatoms. The lowest BCUT2D eigenvalue weighted by molar-refractivity contribution is 0.195. The van der Waals surface area contributed by atoms with Gasteiger partial charge in [-0.3, -0.25) is 0 Å². The molecule has 0 aromatic heterocycles. The molecule has 0 saturated heterocycles. The maximum absolute atomic E-state index is 6.30. The fourth-order valence-corrected chi connectivity index (χ4v) is 3.70. The van der Waals surface area contributed by atoms with Crippen molar-refractivity contribution in [3.05, 3.63) is 34.9 Å². The van der Waals surface area contributed by atoms with Gasteiger partial charge in [-0.15, -0.1) is 0 Å². The van der Waals surface area contributed by atoms with Crippen LogP contribution in [-0.4, -0.2) is 6.04 Å². The second-order valence-electron chi connectivity index (χ2n) is 6.21. The molecule has 1 saturated carbocycles. The Morgan fingerprint density at radius 3 is 2.47 bits per heavy atom. The van der Waals surface area contributed by atoms with Crippen LogP contribution in [0.5, 0.6) is 0 Å². The fourth-order valence-electron chi connectivity index (χ4n) is 3.40. The van der Waals surface area contributed by atoms with E-state index in [2.05, 4.69) is 38.2 Å². The highest BCUT2D eigenvalue weighted by Gasteiger charge is 2.28. The lowest BCUT2D eigenvalue weighted by atomic mass is 9.77. The van der Waals surface area contributed by atoms with Gasteiger partial charge in [0, 0.05) is 17.1 Å². The van der Waals surface area contributed by atoms with Crippen LogP contribution >= 0.6 is 11.6 Å². The molecule has 0 amide bonds. The molecule has 2 unspecified atom stereocenters. The Bertz CT molecular complexity index is 402. The Balaban J connectivity index is 2.05. The van der Waals surface area contributed by atoms with E-state index in [1.54, 1.807) is 0 Å². The highest BCUT2D eigenvalue weighted by molar-refractivity contribution is 6.31. The van der Waals surface area contributed by atoms with Gasteiger partial charge in [-0.05, 0) is 43.2 Å². The Morgan fingerprint density at radius 1 is 1.11 bits per heavy atom. The van der Waals surface area contributed by atoms with Gasteiger partial charge in [0.25, 0.3) is 0 Å². The molecule has 0 spiro atoms. The van der Waals surface area contributed by atoms with Crippen LogP contribution < -0.4 is 5.32 Å². The summed E-state index contributed by atoms with van der Waals surface area (Å²) in [6.45, 7) is 6.93. The van der Waals surface area contributed by atoms with E-state index in [1.807, 2.05) is 12.1 Å². The number of benzene rings is 1. The summed E-state index contributed by atoms with van der Waals surface area (Å²) in [5.74, 6) is 1.56. The summed E-state index contributed by atoms with van der Waals surface area (Å²) in [5.41, 5.74) is 1.22. The van der Waals surface area contributed by atoms with Crippen molar-refractivity contribution in [2.75, 3.05) is 0 Å². The summed E-state index contributed by atoms with van der Waals surface area (Å²) in [7, 11) is 0. The van der Waals surface area contributed by atoms with Crippen LogP contribution in [0.2, 0.25) is 5.02 Å². The van der Waals surface area contributed by atoms with Crippen molar-refractivity contribution in [2.45, 2.75) is 58.5 Å². The van der Waals surface area contributed by atoms with Crippen molar-refractivity contribution in [3.8, 4) is 0 Å². The van der Waals surface area contributed by atoms with Gasteiger partial charge in [0.2, 0.25) is 0 Å². The number of nitrogens with one attached hydrogen (secondary N) is 1. The minimum absolute atomic E-state index is 0.332. The Morgan fingerprint density at radius 2 is 1.79 bits per heavy atom. The van der Waals surface area contributed by atoms with Crippen molar-refractivity contribution in [2.24, 2.45) is 11.8 Å². The van der Waals surface area contributed by atoms with Crippen molar-refractivity contribution in [3.63, 3.8) is 0 Å². The first-order valence-corrected chi connectivity index (χ1v) is 7.98. The van der Waals surface area contributed by atoms with Gasteiger partial charge in [-0.1, -0.05) is 56.5 Å². The van der Waals surface area contributed by atoms with Gasteiger partial charge in [0.1, 0.15) is 0 Å². The van der Waals surface area contributed by atoms with Gasteiger partial charge in [0.15, 0.2) is 0 Å². The average molecular weight is 280 g/mol. The van der Waals surface area contributed by atoms with Crippen molar-refractivity contribution >= 4 is 11.6 Å². The monoisotopic (exact) mass is 279 g/mol. The number of hydrogen-bond donors (Lipinski definition) is 1. The fraction of sp³-hybridized carbons (Fsp3) is 0.647. The molecule has 1 N–H and O–H groups in total. The highest BCUT2D eigenvalue weighted by atomic mass is 35.5. The van der Waals surface area contributed by atoms with Crippen molar-refractivity contribution < 1.29 is 0 Å². The normalized spacial score (nSPS) is 25.5. The maximum Gasteiger partial charge on any atom is 0.0453 e. The third-order valence-corrected chi connectivity index (χ3v) is 4.86. The molecule has 0 bridgehead atoms. The summed E-state index contributed by atoms with van der Waals surface area (Å²) in [6, 6.07) is 9.15. The molecule has 3 atom stereocenters. The van der Waals surface area contributed by atoms with Crippen molar-refractivity contribution in [1.29, 1.82) is 0 Å². The molecule has 2 rings (SSSR count). The van der Waals surface area contributed by atoms with Gasteiger partial charge in [0.05, 0.1) is 0 Å². The third kappa shape index (κ3) is 3.73. The summed E-state index contributed by atoms with van der Waals surface area (Å²) < 4.78 is 0. The first-order valence-electron chi connectivity index (χ1n) is 7.60. The number of hydrogen-bond acceptors (Lipinski definition) is 1. The van der Waals surface area contributed by atoms with E-state index >= 15 is 0 Å². The Kier molecular flexibility index (Phi) is 5.29. The molecule has 1 aromatic carbocycles. The molecule has 0 aliphatic heterocycles. The molecule has 0 radical (unpaired) electrons. The first-order chi connectivity index (χ1) is 9.09. The molecule has 1 fully saturated rings. The Labute approximate surface area is 122 Å². The minimum Gasteiger partial charge on any atom is -0.307 e. The zero-order valence-electron chi connectivity index (χ0n) is 12.3. The third-order valence-electron chi connectivity index (χ3n) is 4.51. The molecule has 1 aromatic rings. The van der Waals surface area contributed by atoms with Gasteiger partial charge >= 0.3 is 0 Å². The quantitative estimate of drug-likeness (QED) is 0.798. The summed E-state index contributed by atoms with van der Waals surface area (Å²) in [4.78, 5) is 0. The first kappa shape index (κ1) is 14.9. The van der Waals surface area contributed by atoms with Crippen LogP contribution in [0.4, 0.5) is 0 Å². The molecular formula is C17H26ClN. The Hall–Kier alpha value is -0.530. The highest BCUT2D eigenvalue weighted by Crippen LogP contribution is 2.32. The SMILES string of the molecule is CC(C)C1CCCCC1N[C@@H](C)c1ccccc1Cl. The van der Waals surface area contributed by atoms with Crippen molar-refractivity contribution in [1.82, 2.24) is 5.32 Å². The van der Waals surface area contributed by atoms with Gasteiger partial charge < -0.3 is 5.32 Å². The second-order valence-corrected chi connectivity index (χ2v) is 6.62. The van der Waals surface area contributed by atoms with E-state index in [9.17, 15) is 0 Å². The maximum atomic E-state index is 6.30. The van der Waals surface area contributed by atoms with Crippen LogP contribution in [0.1, 0.15) is 58.1 Å². The van der Waals surface area contributed by atoms with Crippen LogP contribution in [0.25, 0.3) is 0 Å². The van der Waals surface area contributed by atoms with Gasteiger partial charge in [-0.2, -0.15) is 0 Å². The van der Waals surface area contributed by atoms with E-state index in [1.165, 1.54) is 31.2 Å². The predicted molar refractivity (Wildman–Crippen MR) is 83.6 cm³/mol. The molecule has 1 nitrogen and oxygen atoms in total. The van der Waals surface area contributed by atoms with E-state index < -0.39 is 0 Å². The van der Waals surface area contributed by atoms with E-state index in [4.69, 9.17) is 11.6 Å². The van der Waals surface area contributed by atoms with Crippen LogP contribution in [0.3, 0.4) is 0 Å². The standard InChI is InChI=1S/C17H26ClN/c1-12(2)14-8-5-7-11-17(14)19-13(3)15-9-4-6-10-16(15)18/h4,6,9-10,12-14,17,19H,5,7-8,11H2,1-3H3/t13-,14?,17?/m0/s1. The van der Waals surface area contributed by atoms with Crippen LogP contribution in [0.15, 0.2) is 24.3 Å². The van der Waals surface area contributed by atoms with Gasteiger partial charge in [-0.25, -0.2) is 0 Å². The van der Waals surface area contributed by atoms with E-state index in [-0.39, 0.29) is 0 Å². The lowest BCUT2D eigenvalue weighted by Crippen LogP contribution is -2.42. The lowest BCUT2D eigenvalue weighted by Gasteiger charge is -2.37. The number of halogens is 1. The van der Waals surface area contributed by atoms with E-state index in [0.717, 1.165) is 16.9 Å². The minimum atomic E-state index is 0.332. The molecular weight excluding hydrogens is 254 g/mol. The summed E-state index contributed by atoms with van der Waals surface area (Å²) in [5, 5.41) is 4.70. The summed E-state index contributed by atoms with van der Waals surface area (Å²) in [6.07, 6.45) is 5.42. The summed E-state index contributed by atoms with van der Waals surface area (Å²) >= 11 is 6.30. The molecule has 106 valence electrons. The van der Waals surface area contributed by atoms with Crippen LogP contribution in [-0.2, 0) is 0 Å². The largest absolute Gasteiger partial charge is 0.307 e. The zero-order valence-corrected chi connectivity index (χ0v) is 13.1. The topological polar surface area (TPSA) is 12.0 Å². The predicted octanol–water partition coefficient (Wildman–Crippen LogP) is 5.21. The molecule has 19 heavy (non-hydrogen) atoms. The van der Waals surface area contributed by atoms with E-state index in [0.29, 0.717) is 12.1 Å². The second kappa shape index (κ2) is 6.76. The van der Waals surface area contributed by atoms with Crippen LogP contribution in [0, 0.1) is 11.8 Å².